The molecule has 0 spiro atoms. The van der Waals surface area contributed by atoms with E-state index in [1.54, 1.807) is 7.11 Å². The molecule has 0 bridgehead atoms. The zero-order valence-electron chi connectivity index (χ0n) is 13.2. The van der Waals surface area contributed by atoms with Gasteiger partial charge in [0, 0.05) is 36.7 Å². The quantitative estimate of drug-likeness (QED) is 0.852. The van der Waals surface area contributed by atoms with E-state index in [-0.39, 0.29) is 6.04 Å². The SMILES string of the molecule is COc1ccccc1CN1CCC[C@H]1C(=O)N1CCSCC1. The summed E-state index contributed by atoms with van der Waals surface area (Å²) in [5.74, 6) is 3.39. The average Bonchev–Trinajstić information content (AvgIpc) is 3.03. The van der Waals surface area contributed by atoms with E-state index in [0.29, 0.717) is 5.91 Å². The summed E-state index contributed by atoms with van der Waals surface area (Å²) >= 11 is 1.94. The molecular formula is C17H24N2O2S. The predicted octanol–water partition coefficient (Wildman–Crippen LogP) is 2.24. The second-order valence-electron chi connectivity index (χ2n) is 5.88. The van der Waals surface area contributed by atoms with E-state index in [2.05, 4.69) is 15.9 Å². The molecule has 0 unspecified atom stereocenters. The number of carbonyl (C=O) groups is 1. The lowest BCUT2D eigenvalue weighted by Gasteiger charge is -2.32. The zero-order valence-corrected chi connectivity index (χ0v) is 14.0. The molecule has 4 nitrogen and oxygen atoms in total. The van der Waals surface area contributed by atoms with Gasteiger partial charge < -0.3 is 9.64 Å². The van der Waals surface area contributed by atoms with Crippen LogP contribution in [0, 0.1) is 0 Å². The first-order valence-corrected chi connectivity index (χ1v) is 9.17. The standard InChI is InChI=1S/C17H24N2O2S/c1-21-16-7-3-2-5-14(16)13-19-8-4-6-15(19)17(20)18-9-11-22-12-10-18/h2-3,5,7,15H,4,6,8-13H2,1H3/t15-/m0/s1. The summed E-state index contributed by atoms with van der Waals surface area (Å²) in [5.41, 5.74) is 1.17. The third kappa shape index (κ3) is 3.41. The lowest BCUT2D eigenvalue weighted by atomic mass is 10.1. The number of methoxy groups -OCH3 is 1. The normalized spacial score (nSPS) is 22.8. The van der Waals surface area contributed by atoms with E-state index >= 15 is 0 Å². The van der Waals surface area contributed by atoms with Gasteiger partial charge in [0.2, 0.25) is 5.91 Å². The van der Waals surface area contributed by atoms with Crippen LogP contribution in [0.5, 0.6) is 5.75 Å². The van der Waals surface area contributed by atoms with Gasteiger partial charge in [-0.25, -0.2) is 0 Å². The summed E-state index contributed by atoms with van der Waals surface area (Å²) < 4.78 is 5.44. The highest BCUT2D eigenvalue weighted by atomic mass is 32.2. The minimum Gasteiger partial charge on any atom is -0.496 e. The third-order valence-corrected chi connectivity index (χ3v) is 5.48. The Morgan fingerprint density at radius 3 is 2.82 bits per heavy atom. The van der Waals surface area contributed by atoms with Crippen molar-refractivity contribution >= 4 is 17.7 Å². The van der Waals surface area contributed by atoms with Crippen molar-refractivity contribution in [2.75, 3.05) is 38.2 Å². The van der Waals surface area contributed by atoms with Crippen molar-refractivity contribution in [2.24, 2.45) is 0 Å². The third-order valence-electron chi connectivity index (χ3n) is 4.54. The molecule has 1 aromatic carbocycles. The Hall–Kier alpha value is -1.20. The van der Waals surface area contributed by atoms with Gasteiger partial charge in [-0.2, -0.15) is 11.8 Å². The van der Waals surface area contributed by atoms with E-state index < -0.39 is 0 Å². The molecule has 1 amide bonds. The van der Waals surface area contributed by atoms with Gasteiger partial charge in [0.25, 0.3) is 0 Å². The molecule has 0 aromatic heterocycles. The van der Waals surface area contributed by atoms with E-state index in [4.69, 9.17) is 4.74 Å². The molecule has 2 fully saturated rings. The molecule has 22 heavy (non-hydrogen) atoms. The number of ether oxygens (including phenoxy) is 1. The molecule has 120 valence electrons. The molecule has 0 N–H and O–H groups in total. The minimum absolute atomic E-state index is 0.0491. The Morgan fingerprint density at radius 1 is 1.27 bits per heavy atom. The number of rotatable bonds is 4. The van der Waals surface area contributed by atoms with E-state index in [0.717, 1.165) is 56.3 Å². The predicted molar refractivity (Wildman–Crippen MR) is 90.3 cm³/mol. The maximum Gasteiger partial charge on any atom is 0.239 e. The number of nitrogens with zero attached hydrogens (tertiary/aromatic N) is 2. The first-order chi connectivity index (χ1) is 10.8. The largest absolute Gasteiger partial charge is 0.496 e. The number of carbonyl (C=O) groups excluding carboxylic acids is 1. The van der Waals surface area contributed by atoms with Crippen LogP contribution < -0.4 is 4.74 Å². The van der Waals surface area contributed by atoms with Gasteiger partial charge in [0.1, 0.15) is 5.75 Å². The van der Waals surface area contributed by atoms with Crippen molar-refractivity contribution in [2.45, 2.75) is 25.4 Å². The zero-order chi connectivity index (χ0) is 15.4. The highest BCUT2D eigenvalue weighted by Crippen LogP contribution is 2.26. The van der Waals surface area contributed by atoms with Crippen LogP contribution in [-0.4, -0.2) is 60.0 Å². The van der Waals surface area contributed by atoms with Crippen molar-refractivity contribution in [1.82, 2.24) is 9.80 Å². The summed E-state index contributed by atoms with van der Waals surface area (Å²) in [6, 6.07) is 8.15. The van der Waals surface area contributed by atoms with Crippen LogP contribution in [0.1, 0.15) is 18.4 Å². The molecular weight excluding hydrogens is 296 g/mol. The van der Waals surface area contributed by atoms with Crippen molar-refractivity contribution in [3.05, 3.63) is 29.8 Å². The Balaban J connectivity index is 1.68. The second kappa shape index (κ2) is 7.38. The minimum atomic E-state index is 0.0491. The first-order valence-electron chi connectivity index (χ1n) is 8.02. The van der Waals surface area contributed by atoms with Gasteiger partial charge in [-0.15, -0.1) is 0 Å². The fourth-order valence-corrected chi connectivity index (χ4v) is 4.25. The van der Waals surface area contributed by atoms with Gasteiger partial charge in [-0.05, 0) is 25.5 Å². The van der Waals surface area contributed by atoms with E-state index in [1.807, 2.05) is 30.0 Å². The Morgan fingerprint density at radius 2 is 2.05 bits per heavy atom. The molecule has 0 radical (unpaired) electrons. The molecule has 2 aliphatic heterocycles. The van der Waals surface area contributed by atoms with Crippen LogP contribution in [0.2, 0.25) is 0 Å². The topological polar surface area (TPSA) is 32.8 Å². The number of benzene rings is 1. The summed E-state index contributed by atoms with van der Waals surface area (Å²) in [5, 5.41) is 0. The smallest absolute Gasteiger partial charge is 0.239 e. The summed E-state index contributed by atoms with van der Waals surface area (Å²) in [4.78, 5) is 17.2. The Bertz CT molecular complexity index is 517. The molecule has 2 heterocycles. The van der Waals surface area contributed by atoms with Crippen molar-refractivity contribution in [3.63, 3.8) is 0 Å². The van der Waals surface area contributed by atoms with Crippen LogP contribution >= 0.6 is 11.8 Å². The summed E-state index contributed by atoms with van der Waals surface area (Å²) in [6.45, 7) is 3.60. The fourth-order valence-electron chi connectivity index (χ4n) is 3.34. The number of hydrogen-bond donors (Lipinski definition) is 0. The average molecular weight is 320 g/mol. The second-order valence-corrected chi connectivity index (χ2v) is 7.10. The van der Waals surface area contributed by atoms with Gasteiger partial charge in [0.15, 0.2) is 0 Å². The molecule has 5 heteroatoms. The molecule has 0 aliphatic carbocycles. The van der Waals surface area contributed by atoms with Gasteiger partial charge in [-0.1, -0.05) is 18.2 Å². The van der Waals surface area contributed by atoms with Gasteiger partial charge in [-0.3, -0.25) is 9.69 Å². The molecule has 1 atom stereocenters. The lowest BCUT2D eigenvalue weighted by Crippen LogP contribution is -2.48. The van der Waals surface area contributed by atoms with Crippen LogP contribution in [0.15, 0.2) is 24.3 Å². The van der Waals surface area contributed by atoms with Gasteiger partial charge in [0.05, 0.1) is 13.2 Å². The van der Waals surface area contributed by atoms with E-state index in [9.17, 15) is 4.79 Å². The monoisotopic (exact) mass is 320 g/mol. The van der Waals surface area contributed by atoms with Crippen molar-refractivity contribution < 1.29 is 9.53 Å². The maximum absolute atomic E-state index is 12.8. The Labute approximate surface area is 136 Å². The highest BCUT2D eigenvalue weighted by molar-refractivity contribution is 7.99. The van der Waals surface area contributed by atoms with Crippen LogP contribution in [0.25, 0.3) is 0 Å². The molecule has 3 rings (SSSR count). The number of amides is 1. The van der Waals surface area contributed by atoms with E-state index in [1.165, 1.54) is 5.56 Å². The van der Waals surface area contributed by atoms with Crippen LogP contribution in [-0.2, 0) is 11.3 Å². The number of hydrogen-bond acceptors (Lipinski definition) is 4. The summed E-state index contributed by atoms with van der Waals surface area (Å²) in [7, 11) is 1.71. The maximum atomic E-state index is 12.8. The van der Waals surface area contributed by atoms with Crippen LogP contribution in [0.4, 0.5) is 0 Å². The summed E-state index contributed by atoms with van der Waals surface area (Å²) in [6.07, 6.45) is 2.09. The van der Waals surface area contributed by atoms with Crippen molar-refractivity contribution in [1.29, 1.82) is 0 Å². The van der Waals surface area contributed by atoms with Gasteiger partial charge >= 0.3 is 0 Å². The fraction of sp³-hybridized carbons (Fsp3) is 0.588. The highest BCUT2D eigenvalue weighted by Gasteiger charge is 2.34. The Kier molecular flexibility index (Phi) is 5.26. The van der Waals surface area contributed by atoms with Crippen molar-refractivity contribution in [3.8, 4) is 5.75 Å². The number of likely N-dealkylation sites (tertiary alicyclic amines) is 1. The molecule has 0 saturated carbocycles. The van der Waals surface area contributed by atoms with Crippen LogP contribution in [0.3, 0.4) is 0 Å². The number of para-hydroxylation sites is 1. The lowest BCUT2D eigenvalue weighted by molar-refractivity contribution is -0.135. The molecule has 2 aliphatic rings. The molecule has 1 aromatic rings. The number of thioether (sulfide) groups is 1. The molecule has 2 saturated heterocycles. The first kappa shape index (κ1) is 15.7.